The van der Waals surface area contributed by atoms with Gasteiger partial charge in [0.1, 0.15) is 5.84 Å². The predicted molar refractivity (Wildman–Crippen MR) is 134 cm³/mol. The Balaban J connectivity index is 1.51. The Morgan fingerprint density at radius 2 is 1.79 bits per heavy atom. The van der Waals surface area contributed by atoms with Crippen molar-refractivity contribution in [1.29, 1.82) is 0 Å². The van der Waals surface area contributed by atoms with Gasteiger partial charge in [-0.15, -0.1) is 0 Å². The van der Waals surface area contributed by atoms with Crippen molar-refractivity contribution in [3.05, 3.63) is 70.2 Å². The van der Waals surface area contributed by atoms with Gasteiger partial charge in [-0.05, 0) is 73.0 Å². The van der Waals surface area contributed by atoms with Crippen molar-refractivity contribution in [1.82, 2.24) is 9.47 Å². The number of amidine groups is 1. The van der Waals surface area contributed by atoms with E-state index in [-0.39, 0.29) is 11.5 Å². The summed E-state index contributed by atoms with van der Waals surface area (Å²) in [6.07, 6.45) is 7.43. The number of nitrogens with two attached hydrogens (primary N) is 1. The van der Waals surface area contributed by atoms with Gasteiger partial charge < -0.3 is 15.2 Å². The summed E-state index contributed by atoms with van der Waals surface area (Å²) in [5.41, 5.74) is 10.6. The smallest absolute Gasteiger partial charge is 0.258 e. The van der Waals surface area contributed by atoms with Crippen LogP contribution in [0, 0.1) is 0 Å². The highest BCUT2D eigenvalue weighted by atomic mass is 16.2. The van der Waals surface area contributed by atoms with Gasteiger partial charge in [-0.2, -0.15) is 0 Å². The third kappa shape index (κ3) is 4.09. The molecule has 2 N–H and O–H groups in total. The van der Waals surface area contributed by atoms with Crippen LogP contribution in [0.2, 0.25) is 0 Å². The molecule has 168 valence electrons. The molecule has 2 aromatic carbocycles. The van der Waals surface area contributed by atoms with Crippen molar-refractivity contribution < 1.29 is 4.79 Å². The average molecular weight is 441 g/mol. The second-order valence-corrected chi connectivity index (χ2v) is 8.78. The molecule has 6 nitrogen and oxygen atoms in total. The lowest BCUT2D eigenvalue weighted by atomic mass is 9.99. The summed E-state index contributed by atoms with van der Waals surface area (Å²) < 4.78 is 1.71. The van der Waals surface area contributed by atoms with Gasteiger partial charge >= 0.3 is 0 Å². The quantitative estimate of drug-likeness (QED) is 0.652. The van der Waals surface area contributed by atoms with E-state index in [4.69, 9.17) is 5.73 Å². The molecule has 5 rings (SSSR count). The van der Waals surface area contributed by atoms with Crippen LogP contribution in [0.3, 0.4) is 0 Å². The maximum atomic E-state index is 13.1. The van der Waals surface area contributed by atoms with E-state index in [0.717, 1.165) is 53.7 Å². The minimum atomic E-state index is 0.0249. The molecule has 2 aliphatic heterocycles. The number of aryl methyl sites for hydroxylation is 1. The zero-order valence-electron chi connectivity index (χ0n) is 18.9. The number of aliphatic imine (C=N–C) groups is 1. The minimum Gasteiger partial charge on any atom is -0.387 e. The average Bonchev–Trinajstić information content (AvgIpc) is 3.01. The van der Waals surface area contributed by atoms with Crippen LogP contribution in [0.25, 0.3) is 28.0 Å². The fourth-order valence-electron chi connectivity index (χ4n) is 4.72. The third-order valence-electron chi connectivity index (χ3n) is 6.56. The Bertz CT molecular complexity index is 1360. The van der Waals surface area contributed by atoms with Crippen LogP contribution in [0.5, 0.6) is 0 Å². The summed E-state index contributed by atoms with van der Waals surface area (Å²) in [5.74, 6) is 0.512. The highest BCUT2D eigenvalue weighted by Crippen LogP contribution is 2.33. The first-order valence-corrected chi connectivity index (χ1v) is 11.6. The molecule has 0 atom stereocenters. The van der Waals surface area contributed by atoms with Gasteiger partial charge in [0, 0.05) is 48.8 Å². The van der Waals surface area contributed by atoms with E-state index in [2.05, 4.69) is 4.99 Å². The number of likely N-dealkylation sites (tertiary alicyclic amines) is 1. The van der Waals surface area contributed by atoms with E-state index in [1.807, 2.05) is 66.6 Å². The van der Waals surface area contributed by atoms with E-state index < -0.39 is 0 Å². The lowest BCUT2D eigenvalue weighted by Crippen LogP contribution is -2.37. The molecule has 33 heavy (non-hydrogen) atoms. The number of pyridine rings is 1. The van der Waals surface area contributed by atoms with E-state index >= 15 is 0 Å². The van der Waals surface area contributed by atoms with Crippen LogP contribution >= 0.6 is 0 Å². The van der Waals surface area contributed by atoms with Crippen LogP contribution in [-0.4, -0.2) is 34.3 Å². The number of hydrogen-bond acceptors (Lipinski definition) is 4. The van der Waals surface area contributed by atoms with Gasteiger partial charge in [-0.25, -0.2) is 4.99 Å². The Morgan fingerprint density at radius 1 is 1.03 bits per heavy atom. The first kappa shape index (κ1) is 21.2. The molecule has 0 unspecified atom stereocenters. The molecule has 1 fully saturated rings. The Hall–Kier alpha value is -3.67. The molecule has 0 spiro atoms. The molecule has 0 saturated carbocycles. The van der Waals surface area contributed by atoms with Gasteiger partial charge in [0.2, 0.25) is 5.91 Å². The summed E-state index contributed by atoms with van der Waals surface area (Å²) in [4.78, 5) is 32.2. The van der Waals surface area contributed by atoms with Crippen LogP contribution in [-0.2, 0) is 11.3 Å². The second kappa shape index (κ2) is 8.70. The molecule has 2 aliphatic rings. The van der Waals surface area contributed by atoms with Crippen LogP contribution in [0.4, 0.5) is 5.69 Å². The van der Waals surface area contributed by atoms with Gasteiger partial charge in [-0.1, -0.05) is 18.2 Å². The minimum absolute atomic E-state index is 0.0249. The first-order valence-electron chi connectivity index (χ1n) is 11.6. The predicted octanol–water partition coefficient (Wildman–Crippen LogP) is 4.48. The molecule has 6 heteroatoms. The summed E-state index contributed by atoms with van der Waals surface area (Å²) in [6.45, 7) is 4.23. The number of amides is 1. The van der Waals surface area contributed by atoms with E-state index in [0.29, 0.717) is 29.8 Å². The SMILES string of the molecule is CCn1ccc2cc(-c3ccc4c(c3)N=C(N)CC(C(=O)N3CCCCC3)=C4)ccc2c1=O. The normalized spacial score (nSPS) is 16.1. The number of carbonyl (C=O) groups is 1. The molecule has 3 aromatic rings. The molecule has 1 aromatic heterocycles. The topological polar surface area (TPSA) is 80.7 Å². The van der Waals surface area contributed by atoms with Crippen LogP contribution in [0.15, 0.2) is 64.0 Å². The summed E-state index contributed by atoms with van der Waals surface area (Å²) in [5, 5.41) is 1.62. The highest BCUT2D eigenvalue weighted by molar-refractivity contribution is 6.05. The van der Waals surface area contributed by atoms with Crippen molar-refractivity contribution in [2.24, 2.45) is 10.7 Å². The maximum absolute atomic E-state index is 13.1. The summed E-state index contributed by atoms with van der Waals surface area (Å²) in [6, 6.07) is 13.9. The fourth-order valence-corrected chi connectivity index (χ4v) is 4.72. The van der Waals surface area contributed by atoms with Gasteiger partial charge in [0.05, 0.1) is 5.69 Å². The molecule has 1 amide bonds. The zero-order valence-corrected chi connectivity index (χ0v) is 18.9. The van der Waals surface area contributed by atoms with Crippen molar-refractivity contribution >= 4 is 34.3 Å². The lowest BCUT2D eigenvalue weighted by Gasteiger charge is -2.27. The van der Waals surface area contributed by atoms with E-state index in [9.17, 15) is 9.59 Å². The molecule has 0 bridgehead atoms. The number of benzene rings is 2. The van der Waals surface area contributed by atoms with Crippen molar-refractivity contribution in [2.45, 2.75) is 39.2 Å². The van der Waals surface area contributed by atoms with Gasteiger partial charge in [0.15, 0.2) is 0 Å². The molecule has 0 radical (unpaired) electrons. The van der Waals surface area contributed by atoms with Gasteiger partial charge in [0.25, 0.3) is 5.56 Å². The number of piperidine rings is 1. The maximum Gasteiger partial charge on any atom is 0.258 e. The fraction of sp³-hybridized carbons (Fsp3) is 0.296. The number of carbonyl (C=O) groups excluding carboxylic acids is 1. The van der Waals surface area contributed by atoms with Crippen molar-refractivity contribution in [3.8, 4) is 11.1 Å². The van der Waals surface area contributed by atoms with Crippen molar-refractivity contribution in [3.63, 3.8) is 0 Å². The van der Waals surface area contributed by atoms with E-state index in [1.165, 1.54) is 6.42 Å². The Labute approximate surface area is 193 Å². The Morgan fingerprint density at radius 3 is 2.58 bits per heavy atom. The Kier molecular flexibility index (Phi) is 5.58. The number of nitrogens with zero attached hydrogens (tertiary/aromatic N) is 3. The molecule has 3 heterocycles. The molecule has 0 aliphatic carbocycles. The first-order chi connectivity index (χ1) is 16.0. The standard InChI is InChI=1S/C27H28N4O2/c1-2-30-13-10-20-14-18(8-9-23(20)27(30)33)19-6-7-21-15-22(17-25(28)29-24(21)16-19)26(32)31-11-4-3-5-12-31/h6-10,13-16H,2-5,11-12,17H2,1H3,(H2,28,29). The summed E-state index contributed by atoms with van der Waals surface area (Å²) >= 11 is 0. The number of hydrogen-bond donors (Lipinski definition) is 1. The zero-order chi connectivity index (χ0) is 22.9. The second-order valence-electron chi connectivity index (χ2n) is 8.78. The number of fused-ring (bicyclic) bond motifs is 2. The lowest BCUT2D eigenvalue weighted by molar-refractivity contribution is -0.127. The monoisotopic (exact) mass is 440 g/mol. The van der Waals surface area contributed by atoms with Gasteiger partial charge in [-0.3, -0.25) is 9.59 Å². The van der Waals surface area contributed by atoms with Crippen LogP contribution in [0.1, 0.15) is 38.2 Å². The number of rotatable bonds is 3. The molecular formula is C27H28N4O2. The number of aromatic nitrogens is 1. The van der Waals surface area contributed by atoms with Crippen LogP contribution < -0.4 is 11.3 Å². The van der Waals surface area contributed by atoms with Crippen molar-refractivity contribution in [2.75, 3.05) is 13.1 Å². The largest absolute Gasteiger partial charge is 0.387 e. The summed E-state index contributed by atoms with van der Waals surface area (Å²) in [7, 11) is 0. The highest BCUT2D eigenvalue weighted by Gasteiger charge is 2.23. The molecular weight excluding hydrogens is 412 g/mol. The van der Waals surface area contributed by atoms with E-state index in [1.54, 1.807) is 4.57 Å². The third-order valence-corrected chi connectivity index (χ3v) is 6.56. The molecule has 1 saturated heterocycles.